The zero-order valence-electron chi connectivity index (χ0n) is 13.1. The van der Waals surface area contributed by atoms with Crippen molar-refractivity contribution in [2.75, 3.05) is 4.90 Å². The maximum absolute atomic E-state index is 12.7. The number of hydrogen-bond donors (Lipinski definition) is 2. The Kier molecular flexibility index (Phi) is 4.41. The van der Waals surface area contributed by atoms with Crippen LogP contribution in [0.2, 0.25) is 0 Å². The Bertz CT molecular complexity index is 936. The number of rotatable bonds is 2. The number of halogens is 1. The van der Waals surface area contributed by atoms with Gasteiger partial charge in [0.05, 0.1) is 5.69 Å². The lowest BCUT2D eigenvalue weighted by molar-refractivity contribution is -0.122. The molecule has 1 fully saturated rings. The third kappa shape index (κ3) is 3.32. The van der Waals surface area contributed by atoms with Crippen LogP contribution in [-0.2, 0) is 9.59 Å². The molecule has 126 valence electrons. The van der Waals surface area contributed by atoms with Crippen LogP contribution in [0.5, 0.6) is 5.75 Å². The number of imide groups is 2. The average molecular weight is 401 g/mol. The lowest BCUT2D eigenvalue weighted by atomic mass is 10.1. The van der Waals surface area contributed by atoms with E-state index in [0.717, 1.165) is 14.9 Å². The number of benzene rings is 2. The molecule has 0 saturated carbocycles. The van der Waals surface area contributed by atoms with E-state index in [2.05, 4.69) is 21.2 Å². The molecule has 2 aromatic rings. The van der Waals surface area contributed by atoms with Gasteiger partial charge < -0.3 is 5.11 Å². The fraction of sp³-hybridized carbons (Fsp3) is 0.0556. The van der Waals surface area contributed by atoms with E-state index in [9.17, 15) is 19.5 Å². The van der Waals surface area contributed by atoms with Gasteiger partial charge in [-0.25, -0.2) is 9.69 Å². The molecule has 0 aromatic heterocycles. The average Bonchev–Trinajstić information content (AvgIpc) is 2.55. The quantitative estimate of drug-likeness (QED) is 0.598. The van der Waals surface area contributed by atoms with Crippen molar-refractivity contribution in [1.29, 1.82) is 0 Å². The summed E-state index contributed by atoms with van der Waals surface area (Å²) in [6.07, 6.45) is 1.34. The van der Waals surface area contributed by atoms with E-state index in [1.165, 1.54) is 18.2 Å². The second kappa shape index (κ2) is 6.52. The van der Waals surface area contributed by atoms with Crippen molar-refractivity contribution in [2.45, 2.75) is 6.92 Å². The molecule has 7 heteroatoms. The number of aromatic hydroxyl groups is 1. The van der Waals surface area contributed by atoms with Crippen molar-refractivity contribution >= 4 is 45.5 Å². The molecule has 1 aliphatic heterocycles. The van der Waals surface area contributed by atoms with Gasteiger partial charge in [-0.1, -0.05) is 28.1 Å². The molecule has 1 heterocycles. The molecule has 0 aliphatic carbocycles. The normalized spacial score (nSPS) is 16.3. The zero-order valence-corrected chi connectivity index (χ0v) is 14.7. The molecule has 1 aliphatic rings. The van der Waals surface area contributed by atoms with Crippen molar-refractivity contribution < 1.29 is 19.5 Å². The summed E-state index contributed by atoms with van der Waals surface area (Å²) in [6.45, 7) is 1.83. The van der Waals surface area contributed by atoms with Gasteiger partial charge >= 0.3 is 6.03 Å². The fourth-order valence-corrected chi connectivity index (χ4v) is 2.69. The van der Waals surface area contributed by atoms with E-state index in [0.29, 0.717) is 11.3 Å². The monoisotopic (exact) mass is 400 g/mol. The Morgan fingerprint density at radius 1 is 1.12 bits per heavy atom. The lowest BCUT2D eigenvalue weighted by Crippen LogP contribution is -2.54. The van der Waals surface area contributed by atoms with Gasteiger partial charge in [0.15, 0.2) is 0 Å². The minimum absolute atomic E-state index is 0.00878. The number of hydrogen-bond acceptors (Lipinski definition) is 4. The molecule has 4 amide bonds. The predicted molar refractivity (Wildman–Crippen MR) is 96.0 cm³/mol. The van der Waals surface area contributed by atoms with Crippen molar-refractivity contribution in [3.05, 3.63) is 63.6 Å². The van der Waals surface area contributed by atoms with E-state index in [4.69, 9.17) is 0 Å². The first-order valence-electron chi connectivity index (χ1n) is 7.33. The maximum atomic E-state index is 12.7. The van der Waals surface area contributed by atoms with Gasteiger partial charge in [-0.2, -0.15) is 0 Å². The number of nitrogens with zero attached hydrogens (tertiary/aromatic N) is 1. The smallest absolute Gasteiger partial charge is 0.335 e. The van der Waals surface area contributed by atoms with Gasteiger partial charge in [0.2, 0.25) is 0 Å². The molecule has 0 radical (unpaired) electrons. The molecule has 0 atom stereocenters. The third-order valence-corrected chi connectivity index (χ3v) is 4.57. The van der Waals surface area contributed by atoms with E-state index in [1.54, 1.807) is 30.3 Å². The van der Waals surface area contributed by atoms with Crippen LogP contribution < -0.4 is 10.2 Å². The lowest BCUT2D eigenvalue weighted by Gasteiger charge is -2.26. The van der Waals surface area contributed by atoms with Crippen molar-refractivity contribution in [2.24, 2.45) is 0 Å². The summed E-state index contributed by atoms with van der Waals surface area (Å²) in [4.78, 5) is 37.9. The Balaban J connectivity index is 2.03. The molecule has 2 N–H and O–H groups in total. The largest absolute Gasteiger partial charge is 0.508 e. The number of phenolic OH excluding ortho intramolecular Hbond substituents is 1. The highest BCUT2D eigenvalue weighted by molar-refractivity contribution is 9.10. The van der Waals surface area contributed by atoms with Gasteiger partial charge in [-0.3, -0.25) is 14.9 Å². The summed E-state index contributed by atoms with van der Waals surface area (Å²) in [5.41, 5.74) is 1.48. The first-order valence-corrected chi connectivity index (χ1v) is 8.13. The predicted octanol–water partition coefficient (Wildman–Crippen LogP) is 3.13. The number of nitrogens with one attached hydrogen (secondary N) is 1. The Labute approximate surface area is 151 Å². The van der Waals surface area contributed by atoms with E-state index in [-0.39, 0.29) is 11.3 Å². The molecule has 0 spiro atoms. The molecule has 6 nitrogen and oxygen atoms in total. The van der Waals surface area contributed by atoms with E-state index < -0.39 is 17.8 Å². The minimum Gasteiger partial charge on any atom is -0.508 e. The van der Waals surface area contributed by atoms with Gasteiger partial charge in [0.25, 0.3) is 11.8 Å². The van der Waals surface area contributed by atoms with Crippen LogP contribution in [0, 0.1) is 6.92 Å². The van der Waals surface area contributed by atoms with Gasteiger partial charge in [0, 0.05) is 4.47 Å². The van der Waals surface area contributed by atoms with Gasteiger partial charge in [-0.05, 0) is 54.5 Å². The standard InChI is InChI=1S/C18H13BrN2O4/c1-10-7-12(5-6-15(10)19)21-17(24)14(16(23)20-18(21)25)9-11-3-2-4-13(22)8-11/h2-9,22H,1H3,(H,20,23,25). The first kappa shape index (κ1) is 16.9. The molecule has 0 unspecified atom stereocenters. The van der Waals surface area contributed by atoms with Crippen LogP contribution in [0.25, 0.3) is 6.08 Å². The molecule has 0 bridgehead atoms. The summed E-state index contributed by atoms with van der Waals surface area (Å²) >= 11 is 3.36. The van der Waals surface area contributed by atoms with Crippen molar-refractivity contribution in [1.82, 2.24) is 5.32 Å². The number of carbonyl (C=O) groups excluding carboxylic acids is 3. The number of barbiturate groups is 1. The second-order valence-electron chi connectivity index (χ2n) is 5.49. The zero-order chi connectivity index (χ0) is 18.1. The first-order chi connectivity index (χ1) is 11.9. The van der Waals surface area contributed by atoms with Crippen LogP contribution in [0.1, 0.15) is 11.1 Å². The molecular formula is C18H13BrN2O4. The maximum Gasteiger partial charge on any atom is 0.335 e. The summed E-state index contributed by atoms with van der Waals surface area (Å²) in [5.74, 6) is -1.49. The number of urea groups is 1. The number of amides is 4. The van der Waals surface area contributed by atoms with Crippen LogP contribution in [0.15, 0.2) is 52.5 Å². The summed E-state index contributed by atoms with van der Waals surface area (Å²) < 4.78 is 0.840. The van der Waals surface area contributed by atoms with Crippen molar-refractivity contribution in [3.63, 3.8) is 0 Å². The highest BCUT2D eigenvalue weighted by atomic mass is 79.9. The molecular weight excluding hydrogens is 388 g/mol. The Morgan fingerprint density at radius 2 is 1.88 bits per heavy atom. The topological polar surface area (TPSA) is 86.7 Å². The number of carbonyl (C=O) groups is 3. The Morgan fingerprint density at radius 3 is 2.56 bits per heavy atom. The molecule has 1 saturated heterocycles. The highest BCUT2D eigenvalue weighted by Gasteiger charge is 2.36. The summed E-state index contributed by atoms with van der Waals surface area (Å²) in [6, 6.07) is 10.3. The number of anilines is 1. The number of phenols is 1. The molecule has 2 aromatic carbocycles. The summed E-state index contributed by atoms with van der Waals surface area (Å²) in [5, 5.41) is 11.7. The van der Waals surface area contributed by atoms with E-state index >= 15 is 0 Å². The van der Waals surface area contributed by atoms with Gasteiger partial charge in [0.1, 0.15) is 11.3 Å². The van der Waals surface area contributed by atoms with Crippen LogP contribution in [0.3, 0.4) is 0 Å². The fourth-order valence-electron chi connectivity index (χ4n) is 2.44. The van der Waals surface area contributed by atoms with Gasteiger partial charge in [-0.15, -0.1) is 0 Å². The number of aryl methyl sites for hydroxylation is 1. The minimum atomic E-state index is -0.801. The summed E-state index contributed by atoms with van der Waals surface area (Å²) in [7, 11) is 0. The third-order valence-electron chi connectivity index (χ3n) is 3.68. The Hall–Kier alpha value is -2.93. The molecule has 3 rings (SSSR count). The van der Waals surface area contributed by atoms with Crippen LogP contribution in [-0.4, -0.2) is 23.0 Å². The second-order valence-corrected chi connectivity index (χ2v) is 6.34. The highest BCUT2D eigenvalue weighted by Crippen LogP contribution is 2.26. The molecule has 25 heavy (non-hydrogen) atoms. The van der Waals surface area contributed by atoms with Crippen LogP contribution >= 0.6 is 15.9 Å². The SMILES string of the molecule is Cc1cc(N2C(=O)NC(=O)C(=Cc3cccc(O)c3)C2=O)ccc1Br. The van der Waals surface area contributed by atoms with E-state index in [1.807, 2.05) is 6.92 Å². The van der Waals surface area contributed by atoms with Crippen molar-refractivity contribution in [3.8, 4) is 5.75 Å². The van der Waals surface area contributed by atoms with Crippen LogP contribution in [0.4, 0.5) is 10.5 Å².